The Balaban J connectivity index is 1.16. The van der Waals surface area contributed by atoms with Gasteiger partial charge in [0.25, 0.3) is 0 Å². The fourth-order valence-corrected chi connectivity index (χ4v) is 8.13. The van der Waals surface area contributed by atoms with Gasteiger partial charge in [0.1, 0.15) is 6.10 Å². The van der Waals surface area contributed by atoms with Gasteiger partial charge >= 0.3 is 5.97 Å². The molecule has 5 nitrogen and oxygen atoms in total. The molecule has 4 aliphatic carbocycles. The molecule has 2 amide bonds. The second-order valence-electron chi connectivity index (χ2n) is 12.6. The maximum atomic E-state index is 14.0. The number of hydrogen-bond donors (Lipinski definition) is 0. The first kappa shape index (κ1) is 25.3. The van der Waals surface area contributed by atoms with Crippen LogP contribution >= 0.6 is 0 Å². The van der Waals surface area contributed by atoms with Crippen LogP contribution < -0.4 is 4.90 Å². The van der Waals surface area contributed by atoms with Gasteiger partial charge in [0, 0.05) is 11.8 Å². The molecular formula is C35H35NO4. The highest BCUT2D eigenvalue weighted by Crippen LogP contribution is 2.61. The van der Waals surface area contributed by atoms with Crippen LogP contribution in [0.15, 0.2) is 72.8 Å². The molecule has 2 bridgehead atoms. The van der Waals surface area contributed by atoms with Gasteiger partial charge in [-0.3, -0.25) is 9.59 Å². The number of ether oxygens (including phenoxy) is 1. The van der Waals surface area contributed by atoms with Crippen LogP contribution in [0.25, 0.3) is 0 Å². The van der Waals surface area contributed by atoms with E-state index < -0.39 is 11.8 Å². The number of benzene rings is 3. The average Bonchev–Trinajstić information content (AvgIpc) is 3.23. The van der Waals surface area contributed by atoms with Crippen molar-refractivity contribution in [2.24, 2.45) is 29.6 Å². The summed E-state index contributed by atoms with van der Waals surface area (Å²) in [5.74, 6) is -0.398. The molecule has 2 fully saturated rings. The van der Waals surface area contributed by atoms with Crippen molar-refractivity contribution in [2.75, 3.05) is 4.90 Å². The first-order chi connectivity index (χ1) is 19.3. The van der Waals surface area contributed by atoms with Crippen LogP contribution in [0.5, 0.6) is 0 Å². The lowest BCUT2D eigenvalue weighted by Gasteiger charge is -2.45. The zero-order chi connectivity index (χ0) is 27.7. The lowest BCUT2D eigenvalue weighted by Crippen LogP contribution is -2.41. The quantitative estimate of drug-likeness (QED) is 0.277. The average molecular weight is 534 g/mol. The first-order valence-electron chi connectivity index (χ1n) is 14.7. The fraction of sp³-hybridized carbons (Fsp3) is 0.400. The second-order valence-corrected chi connectivity index (χ2v) is 12.6. The minimum Gasteiger partial charge on any atom is -0.458 e. The van der Waals surface area contributed by atoms with Gasteiger partial charge in [0.2, 0.25) is 11.8 Å². The molecule has 1 aliphatic heterocycles. The largest absolute Gasteiger partial charge is 0.458 e. The smallest absolute Gasteiger partial charge is 0.338 e. The van der Waals surface area contributed by atoms with Gasteiger partial charge in [-0.25, -0.2) is 9.69 Å². The Morgan fingerprint density at radius 3 is 1.75 bits per heavy atom. The number of carbonyl (C=O) groups excluding carboxylic acids is 3. The summed E-state index contributed by atoms with van der Waals surface area (Å²) in [7, 11) is 0. The summed E-state index contributed by atoms with van der Waals surface area (Å²) in [5, 5.41) is 0. The van der Waals surface area contributed by atoms with Gasteiger partial charge < -0.3 is 4.74 Å². The maximum Gasteiger partial charge on any atom is 0.338 e. The predicted octanol–water partition coefficient (Wildman–Crippen LogP) is 6.70. The molecule has 0 radical (unpaired) electrons. The third kappa shape index (κ3) is 3.70. The SMILES string of the molecule is CC(C)[C@@H]1CC[C@@H](C)C[C@H]1OC(=O)c1ccc(N2C(=O)[C@@H]3C4c5ccccc5C(c5ccccc54)[C@@H]3C2=O)cc1. The lowest BCUT2D eigenvalue weighted by molar-refractivity contribution is -0.122. The van der Waals surface area contributed by atoms with Crippen molar-refractivity contribution in [3.8, 4) is 0 Å². The van der Waals surface area contributed by atoms with Crippen molar-refractivity contribution < 1.29 is 19.1 Å². The second kappa shape index (κ2) is 9.43. The van der Waals surface area contributed by atoms with Crippen LogP contribution in [0.3, 0.4) is 0 Å². The van der Waals surface area contributed by atoms with Crippen LogP contribution in [0, 0.1) is 29.6 Å². The van der Waals surface area contributed by atoms with E-state index in [9.17, 15) is 14.4 Å². The number of hydrogen-bond acceptors (Lipinski definition) is 4. The summed E-state index contributed by atoms with van der Waals surface area (Å²) in [6, 6.07) is 23.3. The predicted molar refractivity (Wildman–Crippen MR) is 153 cm³/mol. The number of imide groups is 1. The van der Waals surface area contributed by atoms with E-state index in [1.54, 1.807) is 24.3 Å². The van der Waals surface area contributed by atoms with Gasteiger partial charge in [0.15, 0.2) is 0 Å². The summed E-state index contributed by atoms with van der Waals surface area (Å²) in [5.41, 5.74) is 5.59. The first-order valence-corrected chi connectivity index (χ1v) is 14.7. The van der Waals surface area contributed by atoms with Gasteiger partial charge in [-0.2, -0.15) is 0 Å². The molecule has 1 heterocycles. The van der Waals surface area contributed by atoms with E-state index in [1.807, 2.05) is 24.3 Å². The number of carbonyl (C=O) groups is 3. The zero-order valence-corrected chi connectivity index (χ0v) is 23.2. The minimum absolute atomic E-state index is 0.0838. The standard InChI is InChI=1S/C35H35NO4/c1-19(2)23-17-12-20(3)18-28(23)40-35(39)21-13-15-22(16-14-21)36-33(37)31-29-24-8-4-5-9-25(24)30(32(31)34(36)38)27-11-7-6-10-26(27)29/h4-11,13-16,19-20,23,28-32H,12,17-18H2,1-3H3/t20-,23+,28-,29?,30?,31-,32+/m1/s1. The van der Waals surface area contributed by atoms with Crippen LogP contribution in [-0.4, -0.2) is 23.9 Å². The molecule has 1 saturated carbocycles. The molecule has 204 valence electrons. The molecule has 3 aromatic carbocycles. The Kier molecular flexibility index (Phi) is 5.95. The van der Waals surface area contributed by atoms with Crippen molar-refractivity contribution in [3.63, 3.8) is 0 Å². The van der Waals surface area contributed by atoms with Crippen molar-refractivity contribution >= 4 is 23.5 Å². The Labute approximate surface area is 235 Å². The zero-order valence-electron chi connectivity index (χ0n) is 23.2. The number of amides is 2. The summed E-state index contributed by atoms with van der Waals surface area (Å²) < 4.78 is 6.03. The number of esters is 1. The molecule has 3 aromatic rings. The van der Waals surface area contributed by atoms with Crippen molar-refractivity contribution in [1.82, 2.24) is 0 Å². The van der Waals surface area contributed by atoms with Crippen molar-refractivity contribution in [3.05, 3.63) is 101 Å². The molecular weight excluding hydrogens is 498 g/mol. The number of rotatable bonds is 4. The topological polar surface area (TPSA) is 63.7 Å². The van der Waals surface area contributed by atoms with Crippen LogP contribution in [0.2, 0.25) is 0 Å². The summed E-state index contributed by atoms with van der Waals surface area (Å²) in [6.45, 7) is 6.61. The molecule has 0 unspecified atom stereocenters. The minimum atomic E-state index is -0.423. The maximum absolute atomic E-state index is 14.0. The Hall–Kier alpha value is -3.73. The molecule has 5 heteroatoms. The molecule has 0 N–H and O–H groups in total. The van der Waals surface area contributed by atoms with Crippen LogP contribution in [0.4, 0.5) is 5.69 Å². The van der Waals surface area contributed by atoms with E-state index in [4.69, 9.17) is 4.74 Å². The third-order valence-corrected chi connectivity index (χ3v) is 10.0. The van der Waals surface area contributed by atoms with Crippen LogP contribution in [0.1, 0.15) is 84.5 Å². The monoisotopic (exact) mass is 533 g/mol. The van der Waals surface area contributed by atoms with E-state index in [-0.39, 0.29) is 35.7 Å². The Bertz CT molecular complexity index is 1390. The molecule has 1 saturated heterocycles. The summed E-state index contributed by atoms with van der Waals surface area (Å²) in [6.07, 6.45) is 3.05. The molecule has 0 spiro atoms. The normalized spacial score (nSPS) is 30.2. The lowest BCUT2D eigenvalue weighted by atomic mass is 9.55. The van der Waals surface area contributed by atoms with Gasteiger partial charge in [-0.05, 0) is 77.1 Å². The summed E-state index contributed by atoms with van der Waals surface area (Å²) >= 11 is 0. The van der Waals surface area contributed by atoms with Gasteiger partial charge in [-0.15, -0.1) is 0 Å². The molecule has 8 rings (SSSR count). The molecule has 40 heavy (non-hydrogen) atoms. The highest BCUT2D eigenvalue weighted by atomic mass is 16.5. The third-order valence-electron chi connectivity index (χ3n) is 10.0. The van der Waals surface area contributed by atoms with Crippen molar-refractivity contribution in [2.45, 2.75) is 58.0 Å². The number of anilines is 1. The fourth-order valence-electron chi connectivity index (χ4n) is 8.13. The van der Waals surface area contributed by atoms with Gasteiger partial charge in [-0.1, -0.05) is 75.7 Å². The highest BCUT2D eigenvalue weighted by molar-refractivity contribution is 6.23. The molecule has 5 atom stereocenters. The highest BCUT2D eigenvalue weighted by Gasteiger charge is 2.61. The Morgan fingerprint density at radius 2 is 1.27 bits per heavy atom. The van der Waals surface area contributed by atoms with E-state index in [2.05, 4.69) is 45.0 Å². The Morgan fingerprint density at radius 1 is 0.775 bits per heavy atom. The van der Waals surface area contributed by atoms with E-state index in [0.29, 0.717) is 29.0 Å². The van der Waals surface area contributed by atoms with E-state index in [1.165, 1.54) is 11.3 Å². The number of nitrogens with zero attached hydrogens (tertiary/aromatic N) is 1. The summed E-state index contributed by atoms with van der Waals surface area (Å²) in [4.78, 5) is 42.5. The van der Waals surface area contributed by atoms with Crippen molar-refractivity contribution in [1.29, 1.82) is 0 Å². The molecule has 5 aliphatic rings. The van der Waals surface area contributed by atoms with Crippen LogP contribution in [-0.2, 0) is 14.3 Å². The van der Waals surface area contributed by atoms with E-state index in [0.717, 1.165) is 35.1 Å². The molecule has 0 aromatic heterocycles. The van der Waals surface area contributed by atoms with E-state index >= 15 is 0 Å². The van der Waals surface area contributed by atoms with Gasteiger partial charge in [0.05, 0.1) is 23.1 Å².